The minimum Gasteiger partial charge on any atom is -0.496 e. The molecule has 0 saturated carbocycles. The average molecular weight is 222 g/mol. The quantitative estimate of drug-likeness (QED) is 0.861. The molecule has 0 amide bonds. The second kappa shape index (κ2) is 3.77. The predicted molar refractivity (Wildman–Crippen MR) is 56.3 cm³/mol. The van der Waals surface area contributed by atoms with Gasteiger partial charge in [0.1, 0.15) is 17.1 Å². The highest BCUT2D eigenvalue weighted by molar-refractivity contribution is 6.05. The van der Waals surface area contributed by atoms with Crippen LogP contribution in [-0.2, 0) is 0 Å². The molecule has 0 aliphatic heterocycles. The van der Waals surface area contributed by atoms with Crippen LogP contribution in [0.4, 0.5) is 0 Å². The molecule has 1 aromatic heterocycles. The normalized spacial score (nSPS) is 10.4. The zero-order valence-electron chi connectivity index (χ0n) is 8.81. The molecule has 0 spiro atoms. The van der Waals surface area contributed by atoms with Crippen molar-refractivity contribution in [1.82, 2.24) is 0 Å². The van der Waals surface area contributed by atoms with Crippen molar-refractivity contribution in [2.24, 2.45) is 0 Å². The fourth-order valence-electron chi connectivity index (χ4n) is 1.61. The van der Waals surface area contributed by atoms with E-state index >= 15 is 0 Å². The van der Waals surface area contributed by atoms with Crippen molar-refractivity contribution in [3.63, 3.8) is 0 Å². The van der Waals surface area contributed by atoms with Crippen molar-refractivity contribution in [3.8, 4) is 11.5 Å². The maximum Gasteiger partial charge on any atom is 0.343 e. The van der Waals surface area contributed by atoms with Crippen LogP contribution >= 0.6 is 0 Å². The van der Waals surface area contributed by atoms with Crippen molar-refractivity contribution in [2.75, 3.05) is 14.2 Å². The van der Waals surface area contributed by atoms with Crippen molar-refractivity contribution in [3.05, 3.63) is 24.0 Å². The monoisotopic (exact) mass is 222 g/mol. The van der Waals surface area contributed by atoms with E-state index in [-0.39, 0.29) is 16.9 Å². The van der Waals surface area contributed by atoms with Crippen LogP contribution < -0.4 is 9.47 Å². The maximum absolute atomic E-state index is 11.1. The molecule has 84 valence electrons. The average Bonchev–Trinajstić information content (AvgIpc) is 2.74. The van der Waals surface area contributed by atoms with Crippen LogP contribution in [0, 0.1) is 0 Å². The molecule has 1 N–H and O–H groups in total. The largest absolute Gasteiger partial charge is 0.496 e. The number of methoxy groups -OCH3 is 2. The lowest BCUT2D eigenvalue weighted by atomic mass is 10.1. The first-order chi connectivity index (χ1) is 7.69. The molecule has 1 aromatic carbocycles. The number of rotatable bonds is 3. The second-order valence-electron chi connectivity index (χ2n) is 3.12. The van der Waals surface area contributed by atoms with Crippen molar-refractivity contribution in [1.29, 1.82) is 0 Å². The van der Waals surface area contributed by atoms with E-state index in [1.807, 2.05) is 0 Å². The molecule has 2 rings (SSSR count). The van der Waals surface area contributed by atoms with Crippen LogP contribution in [0.3, 0.4) is 0 Å². The molecule has 1 heterocycles. The highest BCUT2D eigenvalue weighted by atomic mass is 16.5. The lowest BCUT2D eigenvalue weighted by Crippen LogP contribution is -2.01. The van der Waals surface area contributed by atoms with Gasteiger partial charge in [0.2, 0.25) is 0 Å². The number of hydrogen-bond donors (Lipinski definition) is 1. The molecular weight excluding hydrogens is 212 g/mol. The Bertz CT molecular complexity index is 541. The molecule has 5 heteroatoms. The smallest absolute Gasteiger partial charge is 0.343 e. The molecule has 0 atom stereocenters. The zero-order valence-corrected chi connectivity index (χ0v) is 8.81. The van der Waals surface area contributed by atoms with Crippen molar-refractivity contribution < 1.29 is 23.8 Å². The van der Waals surface area contributed by atoms with Gasteiger partial charge >= 0.3 is 5.97 Å². The summed E-state index contributed by atoms with van der Waals surface area (Å²) in [5.74, 6) is -0.364. The van der Waals surface area contributed by atoms with Crippen LogP contribution in [-0.4, -0.2) is 25.3 Å². The Morgan fingerprint density at radius 3 is 2.56 bits per heavy atom. The number of hydrogen-bond acceptors (Lipinski definition) is 4. The van der Waals surface area contributed by atoms with Crippen LogP contribution in [0.2, 0.25) is 0 Å². The van der Waals surface area contributed by atoms with Gasteiger partial charge in [0.05, 0.1) is 25.9 Å². The first-order valence-corrected chi connectivity index (χ1v) is 4.54. The summed E-state index contributed by atoms with van der Waals surface area (Å²) in [6.07, 6.45) is 1.42. The molecule has 0 bridgehead atoms. The van der Waals surface area contributed by atoms with Crippen LogP contribution in [0.25, 0.3) is 11.0 Å². The molecule has 0 saturated heterocycles. The van der Waals surface area contributed by atoms with E-state index < -0.39 is 5.97 Å². The summed E-state index contributed by atoms with van der Waals surface area (Å²) in [5.41, 5.74) is 0.256. The minimum absolute atomic E-state index is 0.00306. The fourth-order valence-corrected chi connectivity index (χ4v) is 1.61. The molecule has 0 aliphatic rings. The van der Waals surface area contributed by atoms with Crippen LogP contribution in [0.1, 0.15) is 10.4 Å². The minimum atomic E-state index is -1.10. The van der Waals surface area contributed by atoms with Gasteiger partial charge in [0.25, 0.3) is 0 Å². The molecule has 0 fully saturated rings. The van der Waals surface area contributed by atoms with Gasteiger partial charge in [0, 0.05) is 6.07 Å². The number of furan rings is 1. The Kier molecular flexibility index (Phi) is 2.44. The highest BCUT2D eigenvalue weighted by Gasteiger charge is 2.21. The highest BCUT2D eigenvalue weighted by Crippen LogP contribution is 2.36. The SMILES string of the molecule is COc1cc(OC)c2ccoc2c1C(=O)O. The van der Waals surface area contributed by atoms with E-state index in [1.54, 1.807) is 6.07 Å². The Morgan fingerprint density at radius 1 is 1.31 bits per heavy atom. The first-order valence-electron chi connectivity index (χ1n) is 4.54. The summed E-state index contributed by atoms with van der Waals surface area (Å²) in [6.45, 7) is 0. The van der Waals surface area contributed by atoms with Crippen molar-refractivity contribution in [2.45, 2.75) is 0 Å². The maximum atomic E-state index is 11.1. The van der Waals surface area contributed by atoms with E-state index in [2.05, 4.69) is 0 Å². The van der Waals surface area contributed by atoms with Gasteiger partial charge in [0.15, 0.2) is 5.58 Å². The first kappa shape index (κ1) is 10.4. The Labute approximate surface area is 91.2 Å². The Balaban J connectivity index is 2.85. The number of fused-ring (bicyclic) bond motifs is 1. The second-order valence-corrected chi connectivity index (χ2v) is 3.12. The summed E-state index contributed by atoms with van der Waals surface area (Å²) in [4.78, 5) is 11.1. The Hall–Kier alpha value is -2.17. The summed E-state index contributed by atoms with van der Waals surface area (Å²) < 4.78 is 15.3. The van der Waals surface area contributed by atoms with E-state index in [1.165, 1.54) is 26.5 Å². The van der Waals surface area contributed by atoms with Crippen molar-refractivity contribution >= 4 is 16.9 Å². The van der Waals surface area contributed by atoms with Gasteiger partial charge in [-0.15, -0.1) is 0 Å². The fraction of sp³-hybridized carbons (Fsp3) is 0.182. The number of carbonyl (C=O) groups is 1. The molecule has 16 heavy (non-hydrogen) atoms. The molecule has 0 unspecified atom stereocenters. The summed E-state index contributed by atoms with van der Waals surface area (Å²) in [5, 5.41) is 9.71. The molecule has 2 aromatic rings. The molecule has 5 nitrogen and oxygen atoms in total. The van der Waals surface area contributed by atoms with E-state index in [0.717, 1.165) is 0 Å². The molecule has 0 aliphatic carbocycles. The van der Waals surface area contributed by atoms with Crippen LogP contribution in [0.15, 0.2) is 22.8 Å². The topological polar surface area (TPSA) is 68.9 Å². The van der Waals surface area contributed by atoms with Gasteiger partial charge in [-0.25, -0.2) is 4.79 Å². The third-order valence-electron chi connectivity index (χ3n) is 2.32. The van der Waals surface area contributed by atoms with Gasteiger partial charge in [-0.05, 0) is 6.07 Å². The van der Waals surface area contributed by atoms with Gasteiger partial charge < -0.3 is 19.0 Å². The third-order valence-corrected chi connectivity index (χ3v) is 2.32. The number of carboxylic acids is 1. The number of benzene rings is 1. The summed E-state index contributed by atoms with van der Waals surface area (Å²) in [7, 11) is 2.90. The standard InChI is InChI=1S/C11H10O5/c1-14-7-5-8(15-2)9(11(12)13)10-6(7)3-4-16-10/h3-5H,1-2H3,(H,12,13). The zero-order chi connectivity index (χ0) is 11.7. The van der Waals surface area contributed by atoms with Crippen LogP contribution in [0.5, 0.6) is 11.5 Å². The number of ether oxygens (including phenoxy) is 2. The molecular formula is C11H10O5. The van der Waals surface area contributed by atoms with E-state index in [9.17, 15) is 4.79 Å². The lowest BCUT2D eigenvalue weighted by molar-refractivity contribution is 0.0694. The predicted octanol–water partition coefficient (Wildman–Crippen LogP) is 2.15. The van der Waals surface area contributed by atoms with E-state index in [0.29, 0.717) is 11.1 Å². The van der Waals surface area contributed by atoms with Gasteiger partial charge in [-0.2, -0.15) is 0 Å². The number of carboxylic acid groups (broad SMARTS) is 1. The van der Waals surface area contributed by atoms with E-state index in [4.69, 9.17) is 19.0 Å². The lowest BCUT2D eigenvalue weighted by Gasteiger charge is -2.08. The summed E-state index contributed by atoms with van der Waals surface area (Å²) >= 11 is 0. The molecule has 0 radical (unpaired) electrons. The number of aromatic carboxylic acids is 1. The Morgan fingerprint density at radius 2 is 2.00 bits per heavy atom. The third kappa shape index (κ3) is 1.37. The van der Waals surface area contributed by atoms with Gasteiger partial charge in [-0.3, -0.25) is 0 Å². The van der Waals surface area contributed by atoms with Gasteiger partial charge in [-0.1, -0.05) is 0 Å². The summed E-state index contributed by atoms with van der Waals surface area (Å²) in [6, 6.07) is 3.18.